The number of carboxylic acids is 1. The minimum atomic E-state index is -1.02. The summed E-state index contributed by atoms with van der Waals surface area (Å²) >= 11 is 0. The van der Waals surface area contributed by atoms with Gasteiger partial charge in [0.25, 0.3) is 5.91 Å². The van der Waals surface area contributed by atoms with Gasteiger partial charge in [-0.05, 0) is 12.8 Å². The van der Waals surface area contributed by atoms with E-state index < -0.39 is 11.9 Å². The van der Waals surface area contributed by atoms with Gasteiger partial charge in [-0.15, -0.1) is 0 Å². The number of H-pyrrole nitrogens is 1. The second-order valence-corrected chi connectivity index (χ2v) is 3.39. The summed E-state index contributed by atoms with van der Waals surface area (Å²) in [5, 5.41) is 14.6. The first kappa shape index (κ1) is 9.63. The molecule has 1 aromatic rings. The Labute approximate surface area is 85.1 Å². The normalized spacial score (nSPS) is 14.9. The van der Waals surface area contributed by atoms with E-state index in [0.29, 0.717) is 0 Å². The molecule has 0 radical (unpaired) electrons. The first-order valence-corrected chi connectivity index (χ1v) is 4.56. The van der Waals surface area contributed by atoms with Crippen molar-refractivity contribution in [3.63, 3.8) is 0 Å². The summed E-state index contributed by atoms with van der Waals surface area (Å²) in [7, 11) is 0. The lowest BCUT2D eigenvalue weighted by Crippen LogP contribution is -2.38. The van der Waals surface area contributed by atoms with Gasteiger partial charge < -0.3 is 10.0 Å². The van der Waals surface area contributed by atoms with Gasteiger partial charge in [-0.1, -0.05) is 0 Å². The highest BCUT2D eigenvalue weighted by molar-refractivity contribution is 5.92. The Morgan fingerprint density at radius 1 is 1.60 bits per heavy atom. The first-order valence-electron chi connectivity index (χ1n) is 4.56. The number of carbonyl (C=O) groups is 2. The molecular weight excluding hydrogens is 200 g/mol. The van der Waals surface area contributed by atoms with Crippen molar-refractivity contribution in [1.82, 2.24) is 20.1 Å². The van der Waals surface area contributed by atoms with E-state index in [2.05, 4.69) is 15.2 Å². The number of aromatic amines is 1. The average molecular weight is 210 g/mol. The third kappa shape index (κ3) is 2.12. The maximum Gasteiger partial charge on any atom is 0.323 e. The fourth-order valence-electron chi connectivity index (χ4n) is 1.34. The van der Waals surface area contributed by atoms with Crippen LogP contribution in [-0.2, 0) is 4.79 Å². The highest BCUT2D eigenvalue weighted by atomic mass is 16.4. The second kappa shape index (κ2) is 3.68. The Morgan fingerprint density at radius 3 is 2.80 bits per heavy atom. The highest BCUT2D eigenvalue weighted by Crippen LogP contribution is 2.27. The summed E-state index contributed by atoms with van der Waals surface area (Å²) in [6.45, 7) is -0.288. The molecule has 0 atom stereocenters. The molecule has 1 aliphatic rings. The number of hydrogen-bond acceptors (Lipinski definition) is 4. The molecule has 1 saturated carbocycles. The molecule has 0 spiro atoms. The molecule has 15 heavy (non-hydrogen) atoms. The summed E-state index contributed by atoms with van der Waals surface area (Å²) in [5.74, 6) is -1.34. The van der Waals surface area contributed by atoms with Crippen LogP contribution in [0.1, 0.15) is 23.5 Å². The van der Waals surface area contributed by atoms with Gasteiger partial charge in [0.15, 0.2) is 0 Å². The molecule has 0 bridgehead atoms. The van der Waals surface area contributed by atoms with E-state index in [9.17, 15) is 9.59 Å². The standard InChI is InChI=1S/C8H10N4O3/c13-6(14)3-12(5-1-2-5)8(15)7-9-4-10-11-7/h4-5H,1-3H2,(H,13,14)(H,9,10,11). The van der Waals surface area contributed by atoms with E-state index in [1.807, 2.05) is 0 Å². The number of aromatic nitrogens is 3. The predicted molar refractivity (Wildman–Crippen MR) is 48.1 cm³/mol. The van der Waals surface area contributed by atoms with Crippen LogP contribution in [0.5, 0.6) is 0 Å². The second-order valence-electron chi connectivity index (χ2n) is 3.39. The third-order valence-electron chi connectivity index (χ3n) is 2.17. The van der Waals surface area contributed by atoms with E-state index >= 15 is 0 Å². The van der Waals surface area contributed by atoms with E-state index in [1.54, 1.807) is 0 Å². The molecule has 80 valence electrons. The van der Waals surface area contributed by atoms with Crippen molar-refractivity contribution in [3.05, 3.63) is 12.2 Å². The number of rotatable bonds is 4. The topological polar surface area (TPSA) is 99.2 Å². The molecule has 0 saturated heterocycles. The largest absolute Gasteiger partial charge is 0.480 e. The Bertz CT molecular complexity index is 371. The molecule has 7 heteroatoms. The van der Waals surface area contributed by atoms with E-state index in [0.717, 1.165) is 12.8 Å². The quantitative estimate of drug-likeness (QED) is 0.697. The van der Waals surface area contributed by atoms with Crippen LogP contribution in [0.3, 0.4) is 0 Å². The predicted octanol–water partition coefficient (Wildman–Crippen LogP) is -0.506. The summed E-state index contributed by atoms with van der Waals surface area (Å²) < 4.78 is 0. The van der Waals surface area contributed by atoms with Crippen LogP contribution in [0, 0.1) is 0 Å². The van der Waals surface area contributed by atoms with Crippen molar-refractivity contribution in [2.75, 3.05) is 6.54 Å². The fourth-order valence-corrected chi connectivity index (χ4v) is 1.34. The monoisotopic (exact) mass is 210 g/mol. The number of nitrogens with zero attached hydrogens (tertiary/aromatic N) is 3. The zero-order valence-electron chi connectivity index (χ0n) is 7.88. The smallest absolute Gasteiger partial charge is 0.323 e. The highest BCUT2D eigenvalue weighted by Gasteiger charge is 2.35. The summed E-state index contributed by atoms with van der Waals surface area (Å²) in [6.07, 6.45) is 2.93. The molecule has 1 aromatic heterocycles. The van der Waals surface area contributed by atoms with Gasteiger partial charge in [-0.3, -0.25) is 14.7 Å². The third-order valence-corrected chi connectivity index (χ3v) is 2.17. The molecule has 1 heterocycles. The summed E-state index contributed by atoms with van der Waals surface area (Å²) in [5.41, 5.74) is 0. The molecule has 1 amide bonds. The molecule has 2 rings (SSSR count). The Morgan fingerprint density at radius 2 is 2.33 bits per heavy atom. The van der Waals surface area contributed by atoms with Crippen molar-refractivity contribution >= 4 is 11.9 Å². The van der Waals surface area contributed by atoms with Gasteiger partial charge in [0.05, 0.1) is 0 Å². The minimum Gasteiger partial charge on any atom is -0.480 e. The van der Waals surface area contributed by atoms with Gasteiger partial charge in [-0.25, -0.2) is 4.98 Å². The van der Waals surface area contributed by atoms with Gasteiger partial charge in [0, 0.05) is 6.04 Å². The number of carboxylic acid groups (broad SMARTS) is 1. The van der Waals surface area contributed by atoms with Crippen LogP contribution in [0.15, 0.2) is 6.33 Å². The fraction of sp³-hybridized carbons (Fsp3) is 0.500. The van der Waals surface area contributed by atoms with Gasteiger partial charge in [0.1, 0.15) is 12.9 Å². The zero-order valence-corrected chi connectivity index (χ0v) is 7.88. The molecule has 1 fully saturated rings. The van der Waals surface area contributed by atoms with Crippen molar-refractivity contribution in [2.45, 2.75) is 18.9 Å². The van der Waals surface area contributed by atoms with Crippen LogP contribution < -0.4 is 0 Å². The Balaban J connectivity index is 2.10. The molecule has 2 N–H and O–H groups in total. The molecule has 0 aromatic carbocycles. The molecular formula is C8H10N4O3. The number of hydrogen-bond donors (Lipinski definition) is 2. The van der Waals surface area contributed by atoms with Crippen molar-refractivity contribution in [1.29, 1.82) is 0 Å². The summed E-state index contributed by atoms with van der Waals surface area (Å²) in [6, 6.07) is 0.0405. The first-order chi connectivity index (χ1) is 7.18. The van der Waals surface area contributed by atoms with Crippen molar-refractivity contribution in [3.8, 4) is 0 Å². The lowest BCUT2D eigenvalue weighted by Gasteiger charge is -2.18. The Kier molecular flexibility index (Phi) is 2.36. The number of nitrogens with one attached hydrogen (secondary N) is 1. The van der Waals surface area contributed by atoms with Gasteiger partial charge in [-0.2, -0.15) is 5.10 Å². The van der Waals surface area contributed by atoms with Gasteiger partial charge in [0.2, 0.25) is 5.82 Å². The number of carbonyl (C=O) groups excluding carboxylic acids is 1. The minimum absolute atomic E-state index is 0.0405. The van der Waals surface area contributed by atoms with Crippen molar-refractivity contribution in [2.24, 2.45) is 0 Å². The zero-order chi connectivity index (χ0) is 10.8. The molecule has 0 aliphatic heterocycles. The summed E-state index contributed by atoms with van der Waals surface area (Å²) in [4.78, 5) is 27.3. The number of aliphatic carboxylic acids is 1. The van der Waals surface area contributed by atoms with Crippen LogP contribution in [0.25, 0.3) is 0 Å². The lowest BCUT2D eigenvalue weighted by atomic mass is 10.4. The maximum atomic E-state index is 11.8. The number of amides is 1. The molecule has 0 unspecified atom stereocenters. The molecule has 1 aliphatic carbocycles. The maximum absolute atomic E-state index is 11.8. The van der Waals surface area contributed by atoms with Crippen molar-refractivity contribution < 1.29 is 14.7 Å². The SMILES string of the molecule is O=C(O)CN(C(=O)c1ncn[nH]1)C1CC1. The van der Waals surface area contributed by atoms with Gasteiger partial charge >= 0.3 is 5.97 Å². The van der Waals surface area contributed by atoms with Crippen LogP contribution in [-0.4, -0.2) is 49.7 Å². The van der Waals surface area contributed by atoms with E-state index in [4.69, 9.17) is 5.11 Å². The van der Waals surface area contributed by atoms with Crippen LogP contribution in [0.4, 0.5) is 0 Å². The lowest BCUT2D eigenvalue weighted by molar-refractivity contribution is -0.137. The molecule has 7 nitrogen and oxygen atoms in total. The van der Waals surface area contributed by atoms with E-state index in [-0.39, 0.29) is 18.4 Å². The van der Waals surface area contributed by atoms with E-state index in [1.165, 1.54) is 11.2 Å². The van der Waals surface area contributed by atoms with Crippen LogP contribution >= 0.6 is 0 Å². The average Bonchev–Trinajstić information content (AvgIpc) is 2.88. The Hall–Kier alpha value is -1.92. The van der Waals surface area contributed by atoms with Crippen LogP contribution in [0.2, 0.25) is 0 Å².